The summed E-state index contributed by atoms with van der Waals surface area (Å²) in [4.78, 5) is 58.7. The zero-order chi connectivity index (χ0) is 40.1. The van der Waals surface area contributed by atoms with E-state index in [0.717, 1.165) is 22.3 Å². The van der Waals surface area contributed by atoms with Crippen molar-refractivity contribution in [2.45, 2.75) is 96.2 Å². The number of hydrogen-bond donors (Lipinski definition) is 0. The highest BCUT2D eigenvalue weighted by atomic mass is 31.2. The SMILES string of the molecule is Cc1cc(C)c(C(=O)P(=O)(O[Si](C)(C)OP(=O)(C(=O)c2c(C)cc(C)cc2C)C(=O)c2c(C)cc(C)cc2C)C(=O)c2c(C)cc(C)cc2C)c(C)c1. The zero-order valence-electron chi connectivity index (χ0n) is 33.3. The number of rotatable bonds is 12. The normalized spacial score (nSPS) is 12.2. The van der Waals surface area contributed by atoms with Gasteiger partial charge < -0.3 is 8.43 Å². The van der Waals surface area contributed by atoms with Crippen LogP contribution in [0.4, 0.5) is 0 Å². The van der Waals surface area contributed by atoms with E-state index in [9.17, 15) is 19.2 Å². The number of hydrogen-bond acceptors (Lipinski definition) is 8. The quantitative estimate of drug-likeness (QED) is 0.103. The lowest BCUT2D eigenvalue weighted by Gasteiger charge is -2.31. The molecule has 0 heterocycles. The average Bonchev–Trinajstić information content (AvgIpc) is 2.98. The Kier molecular flexibility index (Phi) is 12.0. The lowest BCUT2D eigenvalue weighted by Crippen LogP contribution is -2.37. The van der Waals surface area contributed by atoms with Crippen LogP contribution >= 0.6 is 14.7 Å². The third kappa shape index (κ3) is 8.16. The predicted octanol–water partition coefficient (Wildman–Crippen LogP) is 11.3. The maximum absolute atomic E-state index is 15.4. The van der Waals surface area contributed by atoms with Gasteiger partial charge in [-0.05, 0) is 141 Å². The number of carbonyl (C=O) groups excluding carboxylic acids is 4. The molecule has 0 atom stereocenters. The average molecular weight is 773 g/mol. The topological polar surface area (TPSA) is 121 Å². The van der Waals surface area contributed by atoms with Crippen LogP contribution in [0.15, 0.2) is 48.5 Å². The lowest BCUT2D eigenvalue weighted by molar-refractivity contribution is 0.101. The van der Waals surface area contributed by atoms with Crippen LogP contribution in [0.25, 0.3) is 0 Å². The molecular formula is C42H50O8P2Si. The van der Waals surface area contributed by atoms with Crippen LogP contribution in [-0.4, -0.2) is 30.7 Å². The van der Waals surface area contributed by atoms with Crippen molar-refractivity contribution in [1.82, 2.24) is 0 Å². The minimum absolute atomic E-state index is 0.0617. The van der Waals surface area contributed by atoms with Crippen molar-refractivity contribution in [3.05, 3.63) is 138 Å². The van der Waals surface area contributed by atoms with Gasteiger partial charge in [0.25, 0.3) is 22.1 Å². The molecule has 280 valence electrons. The second kappa shape index (κ2) is 15.1. The van der Waals surface area contributed by atoms with E-state index in [1.807, 2.05) is 27.7 Å². The fourth-order valence-corrected chi connectivity index (χ4v) is 17.3. The summed E-state index contributed by atoms with van der Waals surface area (Å²) in [5, 5.41) is 0. The molecule has 0 aliphatic rings. The van der Waals surface area contributed by atoms with E-state index in [4.69, 9.17) is 8.43 Å². The van der Waals surface area contributed by atoms with E-state index in [1.54, 1.807) is 104 Å². The molecule has 4 aromatic carbocycles. The number of carbonyl (C=O) groups is 4. The summed E-state index contributed by atoms with van der Waals surface area (Å²) in [6, 6.07) is 14.0. The van der Waals surface area contributed by atoms with Gasteiger partial charge in [0, 0.05) is 22.3 Å². The highest BCUT2D eigenvalue weighted by Gasteiger charge is 2.55. The second-order valence-electron chi connectivity index (χ2n) is 15.0. The maximum Gasteiger partial charge on any atom is 0.345 e. The first kappa shape index (κ1) is 41.9. The lowest BCUT2D eigenvalue weighted by atomic mass is 10.0. The van der Waals surface area contributed by atoms with Crippen LogP contribution in [0.2, 0.25) is 13.1 Å². The summed E-state index contributed by atoms with van der Waals surface area (Å²) < 4.78 is 43.4. The first-order valence-corrected chi connectivity index (χ1v) is 23.5. The van der Waals surface area contributed by atoms with E-state index in [0.29, 0.717) is 44.5 Å². The Hall–Kier alpha value is -3.84. The Morgan fingerprint density at radius 1 is 0.377 bits per heavy atom. The van der Waals surface area contributed by atoms with Crippen LogP contribution in [0.5, 0.6) is 0 Å². The molecule has 0 aliphatic carbocycles. The summed E-state index contributed by atoms with van der Waals surface area (Å²) in [5.74, 6) is 0. The van der Waals surface area contributed by atoms with E-state index in [2.05, 4.69) is 0 Å². The van der Waals surface area contributed by atoms with Gasteiger partial charge in [-0.15, -0.1) is 0 Å². The van der Waals surface area contributed by atoms with Gasteiger partial charge in [0.1, 0.15) is 0 Å². The molecule has 0 saturated carbocycles. The molecule has 0 unspecified atom stereocenters. The van der Waals surface area contributed by atoms with E-state index in [1.165, 1.54) is 13.1 Å². The maximum atomic E-state index is 15.4. The van der Waals surface area contributed by atoms with E-state index in [-0.39, 0.29) is 22.3 Å². The van der Waals surface area contributed by atoms with Crippen molar-refractivity contribution >= 4 is 45.4 Å². The number of benzene rings is 4. The van der Waals surface area contributed by atoms with Gasteiger partial charge in [0.2, 0.25) is 0 Å². The van der Waals surface area contributed by atoms with Crippen molar-refractivity contribution in [1.29, 1.82) is 0 Å². The summed E-state index contributed by atoms with van der Waals surface area (Å²) in [7, 11) is -14.6. The van der Waals surface area contributed by atoms with Crippen LogP contribution in [0.1, 0.15) is 108 Å². The Balaban J connectivity index is 1.98. The molecular weight excluding hydrogens is 722 g/mol. The molecule has 0 amide bonds. The molecule has 0 spiro atoms. The fraction of sp³-hybridized carbons (Fsp3) is 0.333. The Bertz CT molecular complexity index is 1940. The first-order valence-electron chi connectivity index (χ1n) is 17.5. The van der Waals surface area contributed by atoms with Crippen LogP contribution in [0.3, 0.4) is 0 Å². The monoisotopic (exact) mass is 772 g/mol. The number of aryl methyl sites for hydroxylation is 12. The fourth-order valence-electron chi connectivity index (χ4n) is 7.64. The summed E-state index contributed by atoms with van der Waals surface area (Å²) in [6.45, 7) is 23.6. The highest BCUT2D eigenvalue weighted by Crippen LogP contribution is 2.61. The zero-order valence-corrected chi connectivity index (χ0v) is 36.1. The van der Waals surface area contributed by atoms with Gasteiger partial charge in [-0.25, -0.2) is 0 Å². The third-order valence-electron chi connectivity index (χ3n) is 9.33. The minimum atomic E-state index is -5.13. The van der Waals surface area contributed by atoms with E-state index < -0.39 is 45.4 Å². The molecule has 0 aromatic heterocycles. The van der Waals surface area contributed by atoms with Crippen molar-refractivity contribution in [3.63, 3.8) is 0 Å². The van der Waals surface area contributed by atoms with Gasteiger partial charge in [-0.3, -0.25) is 28.3 Å². The van der Waals surface area contributed by atoms with Crippen molar-refractivity contribution in [3.8, 4) is 0 Å². The van der Waals surface area contributed by atoms with Crippen molar-refractivity contribution in [2.24, 2.45) is 0 Å². The molecule has 0 N–H and O–H groups in total. The minimum Gasteiger partial charge on any atom is -0.332 e. The molecule has 8 nitrogen and oxygen atoms in total. The third-order valence-corrected chi connectivity index (χ3v) is 17.9. The van der Waals surface area contributed by atoms with Crippen LogP contribution in [0, 0.1) is 83.1 Å². The van der Waals surface area contributed by atoms with Gasteiger partial charge >= 0.3 is 23.3 Å². The smallest absolute Gasteiger partial charge is 0.332 e. The van der Waals surface area contributed by atoms with Gasteiger partial charge in [-0.1, -0.05) is 70.8 Å². The largest absolute Gasteiger partial charge is 0.345 e. The molecule has 0 bridgehead atoms. The van der Waals surface area contributed by atoms with Gasteiger partial charge in [-0.2, -0.15) is 0 Å². The molecule has 0 saturated heterocycles. The molecule has 4 aromatic rings. The molecule has 0 aliphatic heterocycles. The Morgan fingerprint density at radius 3 is 0.679 bits per heavy atom. The van der Waals surface area contributed by atoms with Crippen LogP contribution < -0.4 is 0 Å². The molecule has 0 fully saturated rings. The van der Waals surface area contributed by atoms with Gasteiger partial charge in [0.15, 0.2) is 0 Å². The van der Waals surface area contributed by atoms with Crippen molar-refractivity contribution in [2.75, 3.05) is 0 Å². The summed E-state index contributed by atoms with van der Waals surface area (Å²) in [6.07, 6.45) is 0. The van der Waals surface area contributed by atoms with Crippen LogP contribution in [-0.2, 0) is 17.6 Å². The Morgan fingerprint density at radius 2 is 0.528 bits per heavy atom. The Labute approximate surface area is 314 Å². The van der Waals surface area contributed by atoms with Gasteiger partial charge in [0.05, 0.1) is 0 Å². The first-order chi connectivity index (χ1) is 24.3. The summed E-state index contributed by atoms with van der Waals surface area (Å²) >= 11 is 0. The summed E-state index contributed by atoms with van der Waals surface area (Å²) in [5.41, 5.74) is 3.50. The van der Waals surface area contributed by atoms with Crippen molar-refractivity contribution < 1.29 is 36.7 Å². The molecule has 11 heteroatoms. The standard InChI is InChI=1S/C42H50O8P2Si/c1-23-15-27(5)35(28(6)16-23)39(43)51(47,40(44)36-29(7)17-24(2)18-30(36)8)49-53(13,14)50-52(48,41(45)37-31(9)19-25(3)20-32(37)10)42(46)38-33(11)21-26(4)22-34(38)12/h15-22H,1-14H3. The molecule has 0 radical (unpaired) electrons. The predicted molar refractivity (Wildman–Crippen MR) is 215 cm³/mol. The van der Waals surface area contributed by atoms with E-state index >= 15 is 9.13 Å². The molecule has 53 heavy (non-hydrogen) atoms. The second-order valence-corrected chi connectivity index (χ2v) is 23.1. The molecule has 4 rings (SSSR count). The highest BCUT2D eigenvalue weighted by molar-refractivity contribution is 7.94.